The van der Waals surface area contributed by atoms with Gasteiger partial charge in [-0.2, -0.15) is 0 Å². The molecule has 1 amide bonds. The number of benzene rings is 2. The minimum Gasteiger partial charge on any atom is -0.350 e. The molecule has 24 heavy (non-hydrogen) atoms. The Morgan fingerprint density at radius 2 is 1.79 bits per heavy atom. The summed E-state index contributed by atoms with van der Waals surface area (Å²) < 4.78 is 0. The smallest absolute Gasteiger partial charge is 0.222 e. The van der Waals surface area contributed by atoms with E-state index in [0.717, 1.165) is 22.4 Å². The highest BCUT2D eigenvalue weighted by molar-refractivity contribution is 5.89. The topological polar surface area (TPSA) is 66.9 Å². The van der Waals surface area contributed by atoms with E-state index in [4.69, 9.17) is 0 Å². The van der Waals surface area contributed by atoms with E-state index in [1.807, 2.05) is 36.4 Å². The third kappa shape index (κ3) is 3.95. The summed E-state index contributed by atoms with van der Waals surface area (Å²) >= 11 is 0. The molecule has 3 aromatic rings. The van der Waals surface area contributed by atoms with Crippen LogP contribution in [0, 0.1) is 0 Å². The van der Waals surface area contributed by atoms with E-state index in [-0.39, 0.29) is 5.91 Å². The van der Waals surface area contributed by atoms with Crippen molar-refractivity contribution < 1.29 is 4.79 Å². The van der Waals surface area contributed by atoms with Crippen molar-refractivity contribution in [2.75, 3.05) is 10.6 Å². The van der Waals surface area contributed by atoms with Gasteiger partial charge >= 0.3 is 0 Å². The molecule has 5 heteroatoms. The van der Waals surface area contributed by atoms with Gasteiger partial charge in [-0.1, -0.05) is 36.4 Å². The zero-order valence-electron chi connectivity index (χ0n) is 13.4. The van der Waals surface area contributed by atoms with Crippen LogP contribution >= 0.6 is 0 Å². The highest BCUT2D eigenvalue weighted by Gasteiger charge is 2.06. The molecular weight excluding hydrogens is 300 g/mol. The molecule has 0 saturated heterocycles. The molecule has 0 aliphatic heterocycles. The molecule has 0 aliphatic rings. The first-order chi connectivity index (χ1) is 11.7. The predicted octanol–water partition coefficient (Wildman–Crippen LogP) is 3.71. The second-order valence-corrected chi connectivity index (χ2v) is 5.35. The van der Waals surface area contributed by atoms with Crippen molar-refractivity contribution in [2.45, 2.75) is 13.5 Å². The van der Waals surface area contributed by atoms with Crippen molar-refractivity contribution in [1.29, 1.82) is 0 Å². The third-order valence-corrected chi connectivity index (χ3v) is 3.51. The summed E-state index contributed by atoms with van der Waals surface area (Å²) in [5, 5.41) is 6.04. The molecule has 0 unspecified atom stereocenters. The second kappa shape index (κ2) is 7.37. The Hall–Kier alpha value is -3.21. The fourth-order valence-electron chi connectivity index (χ4n) is 2.49. The monoisotopic (exact) mass is 318 g/mol. The fraction of sp³-hybridized carbons (Fsp3) is 0.105. The first kappa shape index (κ1) is 15.7. The molecule has 0 aliphatic carbocycles. The third-order valence-electron chi connectivity index (χ3n) is 3.51. The van der Waals surface area contributed by atoms with E-state index < -0.39 is 0 Å². The van der Waals surface area contributed by atoms with Gasteiger partial charge < -0.3 is 10.6 Å². The number of hydrogen-bond acceptors (Lipinski definition) is 4. The van der Waals surface area contributed by atoms with Crippen LogP contribution in [0.1, 0.15) is 12.5 Å². The van der Waals surface area contributed by atoms with Gasteiger partial charge in [0.1, 0.15) is 0 Å². The number of hydrogen-bond donors (Lipinski definition) is 2. The standard InChI is InChI=1S/C19H18N4O/c1-14(24)23-17-8-4-7-15(12-17)18-9-3-2-6-16(18)13-22-19-20-10-5-11-21-19/h2-12H,13H2,1H3,(H,23,24)(H,20,21,22). The van der Waals surface area contributed by atoms with Crippen LogP contribution in [0.4, 0.5) is 11.6 Å². The minimum atomic E-state index is -0.0803. The van der Waals surface area contributed by atoms with E-state index in [1.165, 1.54) is 6.92 Å². The van der Waals surface area contributed by atoms with Gasteiger partial charge in [0.05, 0.1) is 0 Å². The Balaban J connectivity index is 1.85. The SMILES string of the molecule is CC(=O)Nc1cccc(-c2ccccc2CNc2ncccn2)c1. The van der Waals surface area contributed by atoms with E-state index in [9.17, 15) is 4.79 Å². The van der Waals surface area contributed by atoms with E-state index in [0.29, 0.717) is 12.5 Å². The van der Waals surface area contributed by atoms with Gasteiger partial charge in [0.25, 0.3) is 0 Å². The average molecular weight is 318 g/mol. The lowest BCUT2D eigenvalue weighted by atomic mass is 9.99. The number of aromatic nitrogens is 2. The summed E-state index contributed by atoms with van der Waals surface area (Å²) in [5.74, 6) is 0.516. The Bertz CT molecular complexity index is 834. The second-order valence-electron chi connectivity index (χ2n) is 5.35. The molecule has 1 heterocycles. The van der Waals surface area contributed by atoms with Crippen LogP contribution in [0.3, 0.4) is 0 Å². The zero-order chi connectivity index (χ0) is 16.8. The molecule has 3 rings (SSSR count). The summed E-state index contributed by atoms with van der Waals surface area (Å²) in [5.41, 5.74) is 4.07. The van der Waals surface area contributed by atoms with Crippen molar-refractivity contribution in [3.8, 4) is 11.1 Å². The number of amides is 1. The normalized spacial score (nSPS) is 10.2. The van der Waals surface area contributed by atoms with Crippen molar-refractivity contribution in [1.82, 2.24) is 9.97 Å². The van der Waals surface area contributed by atoms with Crippen LogP contribution in [-0.2, 0) is 11.3 Å². The van der Waals surface area contributed by atoms with Gasteiger partial charge in [-0.05, 0) is 34.9 Å². The highest BCUT2D eigenvalue weighted by Crippen LogP contribution is 2.26. The van der Waals surface area contributed by atoms with Crippen LogP contribution in [0.25, 0.3) is 11.1 Å². The molecule has 5 nitrogen and oxygen atoms in total. The zero-order valence-corrected chi connectivity index (χ0v) is 13.4. The lowest BCUT2D eigenvalue weighted by Gasteiger charge is -2.12. The van der Waals surface area contributed by atoms with Gasteiger partial charge in [-0.25, -0.2) is 9.97 Å². The van der Waals surface area contributed by atoms with E-state index in [2.05, 4.69) is 32.7 Å². The number of carbonyl (C=O) groups is 1. The Labute approximate surface area is 140 Å². The predicted molar refractivity (Wildman–Crippen MR) is 95.5 cm³/mol. The maximum atomic E-state index is 11.3. The van der Waals surface area contributed by atoms with Crippen LogP contribution in [0.2, 0.25) is 0 Å². The minimum absolute atomic E-state index is 0.0803. The van der Waals surface area contributed by atoms with Gasteiger partial charge in [0, 0.05) is 31.5 Å². The van der Waals surface area contributed by atoms with Crippen LogP contribution in [0.5, 0.6) is 0 Å². The lowest BCUT2D eigenvalue weighted by Crippen LogP contribution is -2.06. The Morgan fingerprint density at radius 3 is 2.58 bits per heavy atom. The van der Waals surface area contributed by atoms with Crippen LogP contribution in [0.15, 0.2) is 67.0 Å². The quantitative estimate of drug-likeness (QED) is 0.752. The highest BCUT2D eigenvalue weighted by atomic mass is 16.1. The number of anilines is 2. The van der Waals surface area contributed by atoms with E-state index >= 15 is 0 Å². The van der Waals surface area contributed by atoms with Crippen molar-refractivity contribution >= 4 is 17.5 Å². The van der Waals surface area contributed by atoms with Gasteiger partial charge in [-0.15, -0.1) is 0 Å². The molecule has 1 aromatic heterocycles. The lowest BCUT2D eigenvalue weighted by molar-refractivity contribution is -0.114. The fourth-order valence-corrected chi connectivity index (χ4v) is 2.49. The molecule has 0 radical (unpaired) electrons. The molecule has 0 bridgehead atoms. The number of carbonyl (C=O) groups excluding carboxylic acids is 1. The average Bonchev–Trinajstić information content (AvgIpc) is 2.61. The molecule has 0 atom stereocenters. The van der Waals surface area contributed by atoms with Gasteiger partial charge in [0.2, 0.25) is 11.9 Å². The van der Waals surface area contributed by atoms with Crippen LogP contribution < -0.4 is 10.6 Å². The van der Waals surface area contributed by atoms with E-state index in [1.54, 1.807) is 18.5 Å². The first-order valence-electron chi connectivity index (χ1n) is 7.69. The van der Waals surface area contributed by atoms with Gasteiger partial charge in [-0.3, -0.25) is 4.79 Å². The summed E-state index contributed by atoms with van der Waals surface area (Å²) in [4.78, 5) is 19.6. The molecule has 120 valence electrons. The number of nitrogens with one attached hydrogen (secondary N) is 2. The largest absolute Gasteiger partial charge is 0.350 e. The molecule has 0 spiro atoms. The molecule has 2 N–H and O–H groups in total. The molecule has 0 fully saturated rings. The molecule has 2 aromatic carbocycles. The van der Waals surface area contributed by atoms with Crippen LogP contribution in [-0.4, -0.2) is 15.9 Å². The van der Waals surface area contributed by atoms with Gasteiger partial charge in [0.15, 0.2) is 0 Å². The molecular formula is C19H18N4O. The Kier molecular flexibility index (Phi) is 4.81. The summed E-state index contributed by atoms with van der Waals surface area (Å²) in [6, 6.07) is 17.7. The van der Waals surface area contributed by atoms with Crippen molar-refractivity contribution in [3.05, 3.63) is 72.6 Å². The summed E-state index contributed by atoms with van der Waals surface area (Å²) in [6.07, 6.45) is 3.41. The summed E-state index contributed by atoms with van der Waals surface area (Å²) in [7, 11) is 0. The Morgan fingerprint density at radius 1 is 1.00 bits per heavy atom. The first-order valence-corrected chi connectivity index (χ1v) is 7.69. The maximum absolute atomic E-state index is 11.3. The summed E-state index contributed by atoms with van der Waals surface area (Å²) in [6.45, 7) is 2.12. The number of nitrogens with zero attached hydrogens (tertiary/aromatic N) is 2. The number of rotatable bonds is 5. The van der Waals surface area contributed by atoms with Crippen molar-refractivity contribution in [2.24, 2.45) is 0 Å². The molecule has 0 saturated carbocycles. The maximum Gasteiger partial charge on any atom is 0.222 e. The van der Waals surface area contributed by atoms with Crippen molar-refractivity contribution in [3.63, 3.8) is 0 Å².